The molecule has 1 heterocycles. The van der Waals surface area contributed by atoms with Crippen molar-refractivity contribution in [2.24, 2.45) is 28.8 Å². The van der Waals surface area contributed by atoms with Gasteiger partial charge in [0.1, 0.15) is 0 Å². The van der Waals surface area contributed by atoms with Crippen molar-refractivity contribution in [2.75, 3.05) is 0 Å². The molecule has 2 aliphatic carbocycles. The zero-order valence-electron chi connectivity index (χ0n) is 11.1. The Balaban J connectivity index is 1.62. The Labute approximate surface area is 127 Å². The van der Waals surface area contributed by atoms with E-state index in [4.69, 9.17) is 11.6 Å². The topological polar surface area (TPSA) is 49.7 Å². The van der Waals surface area contributed by atoms with Gasteiger partial charge in [-0.1, -0.05) is 42.0 Å². The van der Waals surface area contributed by atoms with Gasteiger partial charge in [-0.3, -0.25) is 9.59 Å². The number of amides is 2. The largest absolute Gasteiger partial charge is 0.272 e. The maximum atomic E-state index is 12.4. The standard InChI is InChI=1S/C16H13ClN2O2/c17-12-4-2-1-3-11(12)8-18-19-15(20)13-9-5-6-10(7-9)14(13)16(19)21/h1-6,8-10,13-14H,7H2/b18-8-/t9-,10-,13+,14+/m0/s1. The molecule has 5 heteroatoms. The van der Waals surface area contributed by atoms with E-state index >= 15 is 0 Å². The normalized spacial score (nSPS) is 33.5. The number of imide groups is 1. The van der Waals surface area contributed by atoms with Gasteiger partial charge in [-0.15, -0.1) is 0 Å². The van der Waals surface area contributed by atoms with Crippen LogP contribution < -0.4 is 0 Å². The van der Waals surface area contributed by atoms with E-state index in [1.807, 2.05) is 12.1 Å². The minimum atomic E-state index is -0.212. The first kappa shape index (κ1) is 12.8. The number of carbonyl (C=O) groups is 2. The van der Waals surface area contributed by atoms with Gasteiger partial charge in [0.05, 0.1) is 18.1 Å². The molecule has 21 heavy (non-hydrogen) atoms. The van der Waals surface area contributed by atoms with Gasteiger partial charge in [0.15, 0.2) is 0 Å². The number of benzene rings is 1. The molecular formula is C16H13ClN2O2. The molecule has 2 fully saturated rings. The van der Waals surface area contributed by atoms with Gasteiger partial charge in [-0.05, 0) is 24.3 Å². The molecule has 0 spiro atoms. The number of hydrogen-bond donors (Lipinski definition) is 0. The van der Waals surface area contributed by atoms with Gasteiger partial charge in [-0.2, -0.15) is 10.1 Å². The molecule has 1 saturated carbocycles. The molecule has 1 aromatic rings. The number of halogens is 1. The Morgan fingerprint density at radius 3 is 2.33 bits per heavy atom. The Morgan fingerprint density at radius 1 is 1.10 bits per heavy atom. The molecule has 0 aromatic heterocycles. The molecular weight excluding hydrogens is 288 g/mol. The molecule has 0 radical (unpaired) electrons. The second-order valence-electron chi connectivity index (χ2n) is 5.75. The van der Waals surface area contributed by atoms with Crippen molar-refractivity contribution in [1.82, 2.24) is 5.01 Å². The van der Waals surface area contributed by atoms with E-state index in [-0.39, 0.29) is 35.5 Å². The number of nitrogens with zero attached hydrogens (tertiary/aromatic N) is 2. The van der Waals surface area contributed by atoms with Gasteiger partial charge in [0.25, 0.3) is 11.8 Å². The minimum Gasteiger partial charge on any atom is -0.272 e. The maximum absolute atomic E-state index is 12.4. The summed E-state index contributed by atoms with van der Waals surface area (Å²) in [5.41, 5.74) is 0.693. The summed E-state index contributed by atoms with van der Waals surface area (Å²) >= 11 is 6.04. The third kappa shape index (κ3) is 1.79. The van der Waals surface area contributed by atoms with Crippen LogP contribution in [0.2, 0.25) is 5.02 Å². The molecule has 4 atom stereocenters. The van der Waals surface area contributed by atoms with Crippen LogP contribution in [0.5, 0.6) is 0 Å². The Bertz CT molecular complexity index is 667. The lowest BCUT2D eigenvalue weighted by atomic mass is 9.85. The maximum Gasteiger partial charge on any atom is 0.254 e. The average Bonchev–Trinajstić information content (AvgIpc) is 3.14. The second kappa shape index (κ2) is 4.53. The Hall–Kier alpha value is -1.94. The smallest absolute Gasteiger partial charge is 0.254 e. The highest BCUT2D eigenvalue weighted by Gasteiger charge is 2.59. The van der Waals surface area contributed by atoms with Gasteiger partial charge in [0, 0.05) is 10.6 Å². The molecule has 4 nitrogen and oxygen atoms in total. The third-order valence-electron chi connectivity index (χ3n) is 4.66. The lowest BCUT2D eigenvalue weighted by Crippen LogP contribution is -2.28. The molecule has 1 saturated heterocycles. The van der Waals surface area contributed by atoms with Crippen LogP contribution >= 0.6 is 11.6 Å². The highest BCUT2D eigenvalue weighted by atomic mass is 35.5. The molecule has 2 bridgehead atoms. The van der Waals surface area contributed by atoms with Crippen molar-refractivity contribution in [2.45, 2.75) is 6.42 Å². The minimum absolute atomic E-state index is 0.176. The van der Waals surface area contributed by atoms with Crippen molar-refractivity contribution in [3.8, 4) is 0 Å². The van der Waals surface area contributed by atoms with Crippen LogP contribution in [-0.4, -0.2) is 23.0 Å². The van der Waals surface area contributed by atoms with Crippen LogP contribution in [0.15, 0.2) is 41.5 Å². The number of rotatable bonds is 2. The first-order chi connectivity index (χ1) is 10.2. The molecule has 106 valence electrons. The second-order valence-corrected chi connectivity index (χ2v) is 6.16. The predicted octanol–water partition coefficient (Wildman–Crippen LogP) is 2.48. The van der Waals surface area contributed by atoms with Gasteiger partial charge < -0.3 is 0 Å². The van der Waals surface area contributed by atoms with E-state index in [2.05, 4.69) is 17.3 Å². The first-order valence-electron chi connectivity index (χ1n) is 7.01. The molecule has 0 unspecified atom stereocenters. The number of fused-ring (bicyclic) bond motifs is 5. The van der Waals surface area contributed by atoms with E-state index < -0.39 is 0 Å². The van der Waals surface area contributed by atoms with Crippen LogP contribution in [-0.2, 0) is 9.59 Å². The van der Waals surface area contributed by atoms with E-state index in [9.17, 15) is 9.59 Å². The lowest BCUT2D eigenvalue weighted by Gasteiger charge is -2.13. The van der Waals surface area contributed by atoms with E-state index in [0.717, 1.165) is 11.4 Å². The number of hydrogen-bond acceptors (Lipinski definition) is 3. The van der Waals surface area contributed by atoms with E-state index in [0.29, 0.717) is 10.6 Å². The summed E-state index contributed by atoms with van der Waals surface area (Å²) in [6.07, 6.45) is 6.54. The summed E-state index contributed by atoms with van der Waals surface area (Å²) in [7, 11) is 0. The van der Waals surface area contributed by atoms with Crippen molar-refractivity contribution < 1.29 is 9.59 Å². The summed E-state index contributed by atoms with van der Waals surface area (Å²) in [5, 5.41) is 5.67. The molecule has 2 amide bonds. The number of hydrazone groups is 1. The van der Waals surface area contributed by atoms with Gasteiger partial charge >= 0.3 is 0 Å². The number of carbonyl (C=O) groups excluding carboxylic acids is 2. The van der Waals surface area contributed by atoms with Crippen molar-refractivity contribution in [3.63, 3.8) is 0 Å². The van der Waals surface area contributed by atoms with Crippen LogP contribution in [0.4, 0.5) is 0 Å². The Kier molecular flexibility index (Phi) is 2.76. The molecule has 4 rings (SSSR count). The SMILES string of the molecule is O=C1[C@H]2[C@H](C(=O)N1/N=C\c1ccccc1Cl)[C@H]1C=C[C@H]2C1. The van der Waals surface area contributed by atoms with Crippen molar-refractivity contribution >= 4 is 29.6 Å². The van der Waals surface area contributed by atoms with Crippen LogP contribution in [0.25, 0.3) is 0 Å². The highest BCUT2D eigenvalue weighted by molar-refractivity contribution is 6.33. The summed E-state index contributed by atoms with van der Waals surface area (Å²) in [4.78, 5) is 24.8. The summed E-state index contributed by atoms with van der Waals surface area (Å²) in [6.45, 7) is 0. The van der Waals surface area contributed by atoms with Crippen molar-refractivity contribution in [3.05, 3.63) is 47.0 Å². The molecule has 1 aromatic carbocycles. The molecule has 1 aliphatic heterocycles. The molecule has 3 aliphatic rings. The Morgan fingerprint density at radius 2 is 1.71 bits per heavy atom. The zero-order chi connectivity index (χ0) is 14.6. The fourth-order valence-corrected chi connectivity index (χ4v) is 3.88. The van der Waals surface area contributed by atoms with Gasteiger partial charge in [0.2, 0.25) is 0 Å². The highest BCUT2D eigenvalue weighted by Crippen LogP contribution is 2.52. The fraction of sp³-hybridized carbons (Fsp3) is 0.312. The zero-order valence-corrected chi connectivity index (χ0v) is 11.9. The van der Waals surface area contributed by atoms with Crippen molar-refractivity contribution in [1.29, 1.82) is 0 Å². The summed E-state index contributed by atoms with van der Waals surface area (Å²) in [6, 6.07) is 7.19. The monoisotopic (exact) mass is 300 g/mol. The van der Waals surface area contributed by atoms with Crippen LogP contribution in [0, 0.1) is 23.7 Å². The third-order valence-corrected chi connectivity index (χ3v) is 5.01. The van der Waals surface area contributed by atoms with E-state index in [1.165, 1.54) is 6.21 Å². The van der Waals surface area contributed by atoms with E-state index in [1.54, 1.807) is 12.1 Å². The predicted molar refractivity (Wildman–Crippen MR) is 78.6 cm³/mol. The van der Waals surface area contributed by atoms with Crippen LogP contribution in [0.1, 0.15) is 12.0 Å². The lowest BCUT2D eigenvalue weighted by molar-refractivity contribution is -0.140. The quantitative estimate of drug-likeness (QED) is 0.479. The fourth-order valence-electron chi connectivity index (χ4n) is 3.70. The first-order valence-corrected chi connectivity index (χ1v) is 7.39. The summed E-state index contributed by atoms with van der Waals surface area (Å²) < 4.78 is 0. The number of allylic oxidation sites excluding steroid dienone is 2. The van der Waals surface area contributed by atoms with Gasteiger partial charge in [-0.25, -0.2) is 0 Å². The molecule has 0 N–H and O–H groups in total. The average molecular weight is 301 g/mol. The van der Waals surface area contributed by atoms with Crippen LogP contribution in [0.3, 0.4) is 0 Å². The summed E-state index contributed by atoms with van der Waals surface area (Å²) in [5.74, 6) is -0.365.